The maximum atomic E-state index is 12.8. The van der Waals surface area contributed by atoms with Crippen molar-refractivity contribution in [3.05, 3.63) is 59.0 Å². The normalized spacial score (nSPS) is 19.0. The Morgan fingerprint density at radius 3 is 2.54 bits per heavy atom. The Morgan fingerprint density at radius 1 is 1.09 bits per heavy atom. The van der Waals surface area contributed by atoms with Gasteiger partial charge in [0.25, 0.3) is 11.1 Å². The second-order valence-electron chi connectivity index (χ2n) is 7.98. The zero-order chi connectivity index (χ0) is 24.9. The van der Waals surface area contributed by atoms with Crippen LogP contribution in [0, 0.1) is 5.92 Å². The number of hydrogen-bond acceptors (Lipinski definition) is 7. The van der Waals surface area contributed by atoms with Gasteiger partial charge in [0.1, 0.15) is 0 Å². The molecule has 2 saturated heterocycles. The van der Waals surface area contributed by atoms with Gasteiger partial charge in [0, 0.05) is 31.7 Å². The number of nitrogens with one attached hydrogen (secondary N) is 1. The first-order valence-electron chi connectivity index (χ1n) is 11.0. The summed E-state index contributed by atoms with van der Waals surface area (Å²) in [7, 11) is 3.05. The minimum absolute atomic E-state index is 0.0444. The van der Waals surface area contributed by atoms with Crippen LogP contribution < -0.4 is 19.7 Å². The summed E-state index contributed by atoms with van der Waals surface area (Å²) in [4.78, 5) is 53.1. The highest BCUT2D eigenvalue weighted by atomic mass is 32.2. The van der Waals surface area contributed by atoms with E-state index in [9.17, 15) is 19.2 Å². The predicted octanol–water partition coefficient (Wildman–Crippen LogP) is 2.91. The number of carbonyl (C=O) groups excluding carboxylic acids is 4. The minimum Gasteiger partial charge on any atom is -0.493 e. The first kappa shape index (κ1) is 24.3. The lowest BCUT2D eigenvalue weighted by Crippen LogP contribution is -2.40. The highest BCUT2D eigenvalue weighted by molar-refractivity contribution is 8.18. The standard InChI is InChI=1S/C25H25N3O6S/c1-33-19-9-8-16(12-20(19)34-2)13-21-24(31)27(25(32)35-21)11-10-26-23(30)17-14-22(29)28(15-17)18-6-4-3-5-7-18/h3-9,12-13,17H,10-11,14-15H2,1-2H3,(H,26,30)/b21-13-. The van der Waals surface area contributed by atoms with Gasteiger partial charge in [-0.3, -0.25) is 24.1 Å². The molecule has 182 valence electrons. The van der Waals surface area contributed by atoms with Gasteiger partial charge in [-0.05, 0) is 47.7 Å². The number of ether oxygens (including phenoxy) is 2. The van der Waals surface area contributed by atoms with E-state index in [0.29, 0.717) is 23.6 Å². The Morgan fingerprint density at radius 2 is 1.83 bits per heavy atom. The molecule has 2 aromatic carbocycles. The number of anilines is 1. The van der Waals surface area contributed by atoms with Gasteiger partial charge in [-0.1, -0.05) is 24.3 Å². The van der Waals surface area contributed by atoms with E-state index in [0.717, 1.165) is 22.3 Å². The number of rotatable bonds is 8. The van der Waals surface area contributed by atoms with Crippen molar-refractivity contribution in [1.29, 1.82) is 0 Å². The third-order valence-corrected chi connectivity index (χ3v) is 6.68. The van der Waals surface area contributed by atoms with Crippen molar-refractivity contribution >= 4 is 46.5 Å². The zero-order valence-electron chi connectivity index (χ0n) is 19.4. The van der Waals surface area contributed by atoms with Crippen LogP contribution in [-0.4, -0.2) is 61.7 Å². The number of para-hydroxylation sites is 1. The summed E-state index contributed by atoms with van der Waals surface area (Å²) in [5.74, 6) is -0.214. The molecule has 1 N–H and O–H groups in total. The van der Waals surface area contributed by atoms with E-state index < -0.39 is 17.1 Å². The average Bonchev–Trinajstić information content (AvgIpc) is 3.39. The van der Waals surface area contributed by atoms with Gasteiger partial charge >= 0.3 is 0 Å². The smallest absolute Gasteiger partial charge is 0.293 e. The monoisotopic (exact) mass is 495 g/mol. The number of hydrogen-bond donors (Lipinski definition) is 1. The Labute approximate surface area is 207 Å². The molecule has 0 bridgehead atoms. The molecule has 0 aromatic heterocycles. The van der Waals surface area contributed by atoms with Crippen molar-refractivity contribution in [2.75, 3.05) is 38.8 Å². The molecule has 1 atom stereocenters. The first-order valence-corrected chi connectivity index (χ1v) is 11.8. The number of nitrogens with zero attached hydrogens (tertiary/aromatic N) is 2. The van der Waals surface area contributed by atoms with Gasteiger partial charge in [-0.2, -0.15) is 0 Å². The number of benzene rings is 2. The molecule has 2 aromatic rings. The number of thioether (sulfide) groups is 1. The molecule has 0 spiro atoms. The molecule has 35 heavy (non-hydrogen) atoms. The third kappa shape index (κ3) is 5.32. The fraction of sp³-hybridized carbons (Fsp3) is 0.280. The van der Waals surface area contributed by atoms with Crippen molar-refractivity contribution < 1.29 is 28.7 Å². The van der Waals surface area contributed by atoms with E-state index in [1.807, 2.05) is 30.3 Å². The Balaban J connectivity index is 1.32. The summed E-state index contributed by atoms with van der Waals surface area (Å²) in [6.07, 6.45) is 1.74. The molecule has 4 rings (SSSR count). The van der Waals surface area contributed by atoms with Crippen LogP contribution in [0.1, 0.15) is 12.0 Å². The second-order valence-corrected chi connectivity index (χ2v) is 8.97. The van der Waals surface area contributed by atoms with Crippen molar-refractivity contribution in [3.8, 4) is 11.5 Å². The molecule has 0 saturated carbocycles. The molecule has 2 aliphatic rings. The van der Waals surface area contributed by atoms with Crippen molar-refractivity contribution in [3.63, 3.8) is 0 Å². The molecule has 9 nitrogen and oxygen atoms in total. The molecule has 1 unspecified atom stereocenters. The van der Waals surface area contributed by atoms with Crippen molar-refractivity contribution in [2.45, 2.75) is 6.42 Å². The Kier molecular flexibility index (Phi) is 7.40. The number of amides is 4. The van der Waals surface area contributed by atoms with Crippen LogP contribution in [0.3, 0.4) is 0 Å². The number of imide groups is 1. The number of carbonyl (C=O) groups is 4. The maximum absolute atomic E-state index is 12.8. The highest BCUT2D eigenvalue weighted by Gasteiger charge is 2.37. The van der Waals surface area contributed by atoms with Crippen LogP contribution >= 0.6 is 11.8 Å². The van der Waals surface area contributed by atoms with Crippen LogP contribution in [0.2, 0.25) is 0 Å². The summed E-state index contributed by atoms with van der Waals surface area (Å²) in [6, 6.07) is 14.4. The summed E-state index contributed by atoms with van der Waals surface area (Å²) in [5, 5.41) is 2.35. The lowest BCUT2D eigenvalue weighted by molar-refractivity contribution is -0.127. The largest absolute Gasteiger partial charge is 0.493 e. The molecule has 2 heterocycles. The van der Waals surface area contributed by atoms with Crippen molar-refractivity contribution in [1.82, 2.24) is 10.2 Å². The van der Waals surface area contributed by atoms with Gasteiger partial charge in [0.05, 0.1) is 25.0 Å². The fourth-order valence-electron chi connectivity index (χ4n) is 3.96. The summed E-state index contributed by atoms with van der Waals surface area (Å²) >= 11 is 0.845. The first-order chi connectivity index (χ1) is 16.9. The highest BCUT2D eigenvalue weighted by Crippen LogP contribution is 2.34. The van der Waals surface area contributed by atoms with Gasteiger partial charge < -0.3 is 19.7 Å². The van der Waals surface area contributed by atoms with Crippen LogP contribution in [0.4, 0.5) is 10.5 Å². The van der Waals surface area contributed by atoms with E-state index in [-0.39, 0.29) is 36.2 Å². The molecule has 4 amide bonds. The van der Waals surface area contributed by atoms with Gasteiger partial charge in [-0.15, -0.1) is 0 Å². The maximum Gasteiger partial charge on any atom is 0.293 e. The SMILES string of the molecule is COc1ccc(/C=C2\SC(=O)N(CCNC(=O)C3CC(=O)N(c4ccccc4)C3)C2=O)cc1OC. The Bertz CT molecular complexity index is 1180. The Hall–Kier alpha value is -3.79. The lowest BCUT2D eigenvalue weighted by atomic mass is 10.1. The molecular weight excluding hydrogens is 470 g/mol. The predicted molar refractivity (Wildman–Crippen MR) is 132 cm³/mol. The molecule has 0 aliphatic carbocycles. The van der Waals surface area contributed by atoms with Gasteiger partial charge in [-0.25, -0.2) is 0 Å². The topological polar surface area (TPSA) is 105 Å². The third-order valence-electron chi connectivity index (χ3n) is 5.78. The molecule has 0 radical (unpaired) electrons. The van der Waals surface area contributed by atoms with E-state index in [4.69, 9.17) is 9.47 Å². The lowest BCUT2D eigenvalue weighted by Gasteiger charge is -2.17. The van der Waals surface area contributed by atoms with E-state index in [2.05, 4.69) is 5.32 Å². The second kappa shape index (κ2) is 10.6. The van der Waals surface area contributed by atoms with Gasteiger partial charge in [0.2, 0.25) is 11.8 Å². The van der Waals surface area contributed by atoms with E-state index in [1.54, 1.807) is 29.2 Å². The molecule has 10 heteroatoms. The van der Waals surface area contributed by atoms with E-state index >= 15 is 0 Å². The van der Waals surface area contributed by atoms with Crippen LogP contribution in [0.15, 0.2) is 53.4 Å². The summed E-state index contributed by atoms with van der Waals surface area (Å²) in [5.41, 5.74) is 1.45. The minimum atomic E-state index is -0.484. The molecular formula is C25H25N3O6S. The van der Waals surface area contributed by atoms with Crippen LogP contribution in [-0.2, 0) is 14.4 Å². The van der Waals surface area contributed by atoms with E-state index in [1.165, 1.54) is 14.2 Å². The van der Waals surface area contributed by atoms with Crippen molar-refractivity contribution in [2.24, 2.45) is 5.92 Å². The molecule has 2 fully saturated rings. The van der Waals surface area contributed by atoms with Crippen LogP contribution in [0.5, 0.6) is 11.5 Å². The van der Waals surface area contributed by atoms with Crippen LogP contribution in [0.25, 0.3) is 6.08 Å². The number of methoxy groups -OCH3 is 2. The quantitative estimate of drug-likeness (QED) is 0.562. The van der Waals surface area contributed by atoms with Gasteiger partial charge in [0.15, 0.2) is 11.5 Å². The average molecular weight is 496 g/mol. The zero-order valence-corrected chi connectivity index (χ0v) is 20.2. The molecule has 2 aliphatic heterocycles. The summed E-state index contributed by atoms with van der Waals surface area (Å²) in [6.45, 7) is 0.448. The fourth-order valence-corrected chi connectivity index (χ4v) is 4.83. The summed E-state index contributed by atoms with van der Waals surface area (Å²) < 4.78 is 10.5.